The summed E-state index contributed by atoms with van der Waals surface area (Å²) >= 11 is 5.02. The van der Waals surface area contributed by atoms with Crippen LogP contribution in [0.15, 0.2) is 59.3 Å². The number of benzene rings is 1. The normalized spacial score (nSPS) is 16.2. The fraction of sp³-hybridized carbons (Fsp3) is 0.182. The lowest BCUT2D eigenvalue weighted by molar-refractivity contribution is 0.0703. The number of fused-ring (bicyclic) bond motifs is 1. The van der Waals surface area contributed by atoms with Crippen LogP contribution in [0.25, 0.3) is 10.6 Å². The molecule has 4 aromatic rings. The van der Waals surface area contributed by atoms with E-state index in [1.165, 1.54) is 26.7 Å². The van der Waals surface area contributed by atoms with Gasteiger partial charge in [-0.25, -0.2) is 4.98 Å². The van der Waals surface area contributed by atoms with Gasteiger partial charge in [0, 0.05) is 21.9 Å². The number of carbonyl (C=O) groups is 1. The van der Waals surface area contributed by atoms with E-state index >= 15 is 0 Å². The molecule has 0 aliphatic carbocycles. The predicted molar refractivity (Wildman–Crippen MR) is 118 cm³/mol. The van der Waals surface area contributed by atoms with Gasteiger partial charge in [-0.1, -0.05) is 36.4 Å². The van der Waals surface area contributed by atoms with Crippen LogP contribution in [0.1, 0.15) is 36.7 Å². The second-order valence-electron chi connectivity index (χ2n) is 6.77. The number of nitrogens with zero attached hydrogens (tertiary/aromatic N) is 2. The maximum Gasteiger partial charge on any atom is 0.266 e. The molecule has 6 heteroatoms. The van der Waals surface area contributed by atoms with Crippen LogP contribution in [0.5, 0.6) is 0 Å². The highest BCUT2D eigenvalue weighted by Crippen LogP contribution is 2.41. The molecule has 1 aliphatic heterocycles. The van der Waals surface area contributed by atoms with E-state index in [-0.39, 0.29) is 11.9 Å². The Bertz CT molecular complexity index is 1110. The van der Waals surface area contributed by atoms with Crippen molar-refractivity contribution < 1.29 is 4.79 Å². The SMILES string of the molecule is Cc1nc(-c2ccccc2)sc1C(=O)N1CCc2sccc2C1c1cccs1. The highest BCUT2D eigenvalue weighted by atomic mass is 32.1. The molecule has 4 heterocycles. The lowest BCUT2D eigenvalue weighted by atomic mass is 9.98. The van der Waals surface area contributed by atoms with Crippen molar-refractivity contribution in [3.63, 3.8) is 0 Å². The first kappa shape index (κ1) is 17.8. The van der Waals surface area contributed by atoms with Crippen molar-refractivity contribution in [2.24, 2.45) is 0 Å². The Labute approximate surface area is 175 Å². The summed E-state index contributed by atoms with van der Waals surface area (Å²) in [4.78, 5) is 23.7. The number of rotatable bonds is 3. The fourth-order valence-corrected chi connectivity index (χ4v) is 6.50. The minimum atomic E-state index is 0.00387. The Kier molecular flexibility index (Phi) is 4.62. The molecule has 0 radical (unpaired) electrons. The van der Waals surface area contributed by atoms with Crippen LogP contribution in [0.2, 0.25) is 0 Å². The summed E-state index contributed by atoms with van der Waals surface area (Å²) in [7, 11) is 0. The van der Waals surface area contributed by atoms with Gasteiger partial charge in [0.2, 0.25) is 0 Å². The summed E-state index contributed by atoms with van der Waals surface area (Å²) < 4.78 is 0. The van der Waals surface area contributed by atoms with Crippen LogP contribution >= 0.6 is 34.0 Å². The average Bonchev–Trinajstić information content (AvgIpc) is 3.48. The number of aryl methyl sites for hydroxylation is 1. The molecular formula is C22H18N2OS3. The number of hydrogen-bond donors (Lipinski definition) is 0. The number of thiophene rings is 2. The first-order valence-corrected chi connectivity index (χ1v) is 11.7. The molecule has 0 fully saturated rings. The zero-order chi connectivity index (χ0) is 19.1. The van der Waals surface area contributed by atoms with Gasteiger partial charge in [-0.2, -0.15) is 0 Å². The van der Waals surface area contributed by atoms with Gasteiger partial charge in [0.15, 0.2) is 0 Å². The van der Waals surface area contributed by atoms with Gasteiger partial charge in [-0.3, -0.25) is 4.79 Å². The summed E-state index contributed by atoms with van der Waals surface area (Å²) in [5.74, 6) is 0.0902. The Balaban J connectivity index is 1.54. The van der Waals surface area contributed by atoms with Crippen molar-refractivity contribution in [3.8, 4) is 10.6 Å². The minimum Gasteiger partial charge on any atom is -0.326 e. The van der Waals surface area contributed by atoms with Gasteiger partial charge in [0.05, 0.1) is 11.7 Å². The van der Waals surface area contributed by atoms with Crippen LogP contribution in [0.4, 0.5) is 0 Å². The van der Waals surface area contributed by atoms with E-state index in [1.54, 1.807) is 22.7 Å². The monoisotopic (exact) mass is 422 g/mol. The first-order valence-electron chi connectivity index (χ1n) is 9.16. The molecule has 1 aromatic carbocycles. The van der Waals surface area contributed by atoms with Crippen molar-refractivity contribution in [3.05, 3.63) is 85.2 Å². The Morgan fingerprint density at radius 2 is 1.93 bits per heavy atom. The lowest BCUT2D eigenvalue weighted by Crippen LogP contribution is -2.39. The topological polar surface area (TPSA) is 33.2 Å². The van der Waals surface area contributed by atoms with Gasteiger partial charge in [0.25, 0.3) is 5.91 Å². The van der Waals surface area contributed by atoms with Gasteiger partial charge < -0.3 is 4.90 Å². The minimum absolute atomic E-state index is 0.00387. The van der Waals surface area contributed by atoms with Gasteiger partial charge in [-0.05, 0) is 41.8 Å². The maximum absolute atomic E-state index is 13.6. The third kappa shape index (κ3) is 3.02. The molecule has 0 bridgehead atoms. The lowest BCUT2D eigenvalue weighted by Gasteiger charge is -2.35. The van der Waals surface area contributed by atoms with Crippen LogP contribution in [-0.2, 0) is 6.42 Å². The molecule has 0 spiro atoms. The Morgan fingerprint density at radius 1 is 1.07 bits per heavy atom. The molecule has 140 valence electrons. The zero-order valence-corrected chi connectivity index (χ0v) is 17.7. The van der Waals surface area contributed by atoms with Crippen molar-refractivity contribution >= 4 is 39.9 Å². The molecule has 1 amide bonds. The molecule has 3 nitrogen and oxygen atoms in total. The van der Waals surface area contributed by atoms with E-state index in [4.69, 9.17) is 4.98 Å². The third-order valence-electron chi connectivity index (χ3n) is 5.05. The second-order valence-corrected chi connectivity index (χ2v) is 9.74. The number of carbonyl (C=O) groups excluding carboxylic acids is 1. The van der Waals surface area contributed by atoms with Gasteiger partial charge in [0.1, 0.15) is 9.88 Å². The largest absolute Gasteiger partial charge is 0.326 e. The molecule has 0 N–H and O–H groups in total. The van der Waals surface area contributed by atoms with Crippen LogP contribution in [0, 0.1) is 6.92 Å². The van der Waals surface area contributed by atoms with E-state index in [9.17, 15) is 4.79 Å². The van der Waals surface area contributed by atoms with E-state index in [2.05, 4.69) is 29.0 Å². The molecule has 5 rings (SSSR count). The van der Waals surface area contributed by atoms with Gasteiger partial charge in [-0.15, -0.1) is 34.0 Å². The molecule has 1 atom stereocenters. The summed E-state index contributed by atoms with van der Waals surface area (Å²) in [5.41, 5.74) is 3.15. The number of thiazole rings is 1. The van der Waals surface area contributed by atoms with E-state index < -0.39 is 0 Å². The summed E-state index contributed by atoms with van der Waals surface area (Å²) in [6.07, 6.45) is 0.921. The highest BCUT2D eigenvalue weighted by Gasteiger charge is 2.35. The average molecular weight is 423 g/mol. The number of aromatic nitrogens is 1. The molecular weight excluding hydrogens is 404 g/mol. The van der Waals surface area contributed by atoms with Crippen molar-refractivity contribution in [1.82, 2.24) is 9.88 Å². The standard InChI is InChI=1S/C22H18N2OS3/c1-14-20(28-21(23-14)15-6-3-2-4-7-15)22(25)24-11-9-17-16(10-13-27-17)19(24)18-8-5-12-26-18/h2-8,10,12-13,19H,9,11H2,1H3. The van der Waals surface area contributed by atoms with Crippen LogP contribution in [-0.4, -0.2) is 22.3 Å². The number of amides is 1. The Morgan fingerprint density at radius 3 is 2.71 bits per heavy atom. The van der Waals surface area contributed by atoms with Crippen molar-refractivity contribution in [2.45, 2.75) is 19.4 Å². The number of hydrogen-bond acceptors (Lipinski definition) is 5. The third-order valence-corrected chi connectivity index (χ3v) is 8.17. The van der Waals surface area contributed by atoms with E-state index in [0.29, 0.717) is 0 Å². The summed E-state index contributed by atoms with van der Waals surface area (Å²) in [6, 6.07) is 16.5. The summed E-state index contributed by atoms with van der Waals surface area (Å²) in [6.45, 7) is 2.68. The quantitative estimate of drug-likeness (QED) is 0.404. The summed E-state index contributed by atoms with van der Waals surface area (Å²) in [5, 5.41) is 5.14. The molecule has 1 unspecified atom stereocenters. The molecule has 0 saturated heterocycles. The molecule has 28 heavy (non-hydrogen) atoms. The smallest absolute Gasteiger partial charge is 0.266 e. The zero-order valence-electron chi connectivity index (χ0n) is 15.3. The second kappa shape index (κ2) is 7.28. The van der Waals surface area contributed by atoms with E-state index in [0.717, 1.165) is 34.1 Å². The molecule has 3 aromatic heterocycles. The van der Waals surface area contributed by atoms with Crippen LogP contribution in [0.3, 0.4) is 0 Å². The maximum atomic E-state index is 13.6. The molecule has 0 saturated carbocycles. The van der Waals surface area contributed by atoms with Crippen molar-refractivity contribution in [1.29, 1.82) is 0 Å². The van der Waals surface area contributed by atoms with E-state index in [1.807, 2.05) is 42.2 Å². The predicted octanol–water partition coefficient (Wildman–Crippen LogP) is 6.03. The Hall–Kier alpha value is -2.28. The van der Waals surface area contributed by atoms with Gasteiger partial charge >= 0.3 is 0 Å². The van der Waals surface area contributed by atoms with Crippen LogP contribution < -0.4 is 0 Å². The molecule has 1 aliphatic rings. The first-order chi connectivity index (χ1) is 13.7. The fourth-order valence-electron chi connectivity index (χ4n) is 3.72. The highest BCUT2D eigenvalue weighted by molar-refractivity contribution is 7.17. The van der Waals surface area contributed by atoms with Crippen molar-refractivity contribution in [2.75, 3.05) is 6.54 Å².